The van der Waals surface area contributed by atoms with Crippen molar-refractivity contribution in [1.82, 2.24) is 19.9 Å². The fourth-order valence-corrected chi connectivity index (χ4v) is 3.07. The zero-order valence-corrected chi connectivity index (χ0v) is 15.6. The normalized spacial score (nSPS) is 13.0. The highest BCUT2D eigenvalue weighted by Crippen LogP contribution is 2.33. The molecule has 0 amide bonds. The van der Waals surface area contributed by atoms with Gasteiger partial charge in [0.05, 0.1) is 17.0 Å². The Morgan fingerprint density at radius 2 is 2.00 bits per heavy atom. The van der Waals surface area contributed by atoms with Gasteiger partial charge in [-0.3, -0.25) is 0 Å². The minimum atomic E-state index is -4.64. The molecule has 7 nitrogen and oxygen atoms in total. The quantitative estimate of drug-likeness (QED) is 0.674. The molecular formula is C20H14F3N7. The van der Waals surface area contributed by atoms with Crippen LogP contribution in [0.5, 0.6) is 0 Å². The van der Waals surface area contributed by atoms with Gasteiger partial charge in [0.25, 0.3) is 0 Å². The molecule has 2 N–H and O–H groups in total. The summed E-state index contributed by atoms with van der Waals surface area (Å²) in [5.74, 6) is 0.734. The second kappa shape index (κ2) is 7.44. The van der Waals surface area contributed by atoms with Crippen LogP contribution < -0.4 is 10.6 Å². The van der Waals surface area contributed by atoms with Crippen LogP contribution >= 0.6 is 0 Å². The third-order valence-electron chi connectivity index (χ3n) is 4.47. The number of hydrogen-bond donors (Lipinski definition) is 2. The zero-order valence-electron chi connectivity index (χ0n) is 15.6. The van der Waals surface area contributed by atoms with E-state index >= 15 is 0 Å². The number of hydrogen-bond acceptors (Lipinski definition) is 7. The molecule has 0 aliphatic carbocycles. The first kappa shape index (κ1) is 19.3. The molecule has 0 spiro atoms. The molecule has 0 bridgehead atoms. The first-order chi connectivity index (χ1) is 14.4. The maximum absolute atomic E-state index is 13.0. The number of fused-ring (bicyclic) bond motifs is 1. The van der Waals surface area contributed by atoms with Crippen LogP contribution in [0.3, 0.4) is 0 Å². The van der Waals surface area contributed by atoms with Crippen LogP contribution in [0.15, 0.2) is 42.9 Å². The summed E-state index contributed by atoms with van der Waals surface area (Å²) in [5, 5.41) is 15.2. The highest BCUT2D eigenvalue weighted by atomic mass is 19.4. The Hall–Kier alpha value is -4.00. The van der Waals surface area contributed by atoms with E-state index < -0.39 is 17.4 Å². The van der Waals surface area contributed by atoms with Crippen molar-refractivity contribution in [1.29, 1.82) is 5.26 Å². The molecule has 3 aromatic rings. The number of pyridine rings is 2. The smallest absolute Gasteiger partial charge is 0.366 e. The Labute approximate surface area is 169 Å². The highest BCUT2D eigenvalue weighted by molar-refractivity contribution is 5.84. The SMILES string of the molecule is Cc1cncnc1-c1ccc2c(n1)NCC=C2Nc1ccc(C(F)(F)F)c(C#N)n1. The number of nitrogens with zero attached hydrogens (tertiary/aromatic N) is 5. The molecule has 0 unspecified atom stereocenters. The van der Waals surface area contributed by atoms with E-state index in [1.54, 1.807) is 12.3 Å². The van der Waals surface area contributed by atoms with Crippen molar-refractivity contribution >= 4 is 17.3 Å². The maximum atomic E-state index is 13.0. The average Bonchev–Trinajstić information content (AvgIpc) is 2.73. The first-order valence-electron chi connectivity index (χ1n) is 8.84. The zero-order chi connectivity index (χ0) is 21.3. The molecule has 150 valence electrons. The van der Waals surface area contributed by atoms with Crippen molar-refractivity contribution in [2.45, 2.75) is 13.1 Å². The van der Waals surface area contributed by atoms with E-state index in [-0.39, 0.29) is 5.82 Å². The summed E-state index contributed by atoms with van der Waals surface area (Å²) in [6, 6.07) is 7.17. The van der Waals surface area contributed by atoms with Crippen molar-refractivity contribution in [3.05, 3.63) is 65.2 Å². The van der Waals surface area contributed by atoms with Gasteiger partial charge in [0.2, 0.25) is 0 Å². The minimum absolute atomic E-state index is 0.134. The molecule has 3 aromatic heterocycles. The van der Waals surface area contributed by atoms with Crippen molar-refractivity contribution in [3.63, 3.8) is 0 Å². The van der Waals surface area contributed by atoms with Gasteiger partial charge < -0.3 is 10.6 Å². The summed E-state index contributed by atoms with van der Waals surface area (Å²) >= 11 is 0. The largest absolute Gasteiger partial charge is 0.419 e. The van der Waals surface area contributed by atoms with Crippen LogP contribution in [0, 0.1) is 18.3 Å². The summed E-state index contributed by atoms with van der Waals surface area (Å²) in [5.41, 5.74) is 1.85. The van der Waals surface area contributed by atoms with Gasteiger partial charge in [0.15, 0.2) is 5.69 Å². The van der Waals surface area contributed by atoms with E-state index in [1.807, 2.05) is 19.1 Å². The molecule has 4 heterocycles. The number of halogens is 3. The van der Waals surface area contributed by atoms with Crippen molar-refractivity contribution in [2.75, 3.05) is 17.2 Å². The van der Waals surface area contributed by atoms with E-state index in [0.717, 1.165) is 17.2 Å². The fourth-order valence-electron chi connectivity index (χ4n) is 3.07. The number of nitrogens with one attached hydrogen (secondary N) is 2. The van der Waals surface area contributed by atoms with Crippen LogP contribution in [-0.2, 0) is 6.18 Å². The molecule has 0 fully saturated rings. The Bertz CT molecular complexity index is 1200. The number of nitriles is 1. The standard InChI is InChI=1S/C20H14F3N7/c1-11-9-25-10-27-18(11)15-4-2-12-14(6-7-26-19(12)30-15)28-17-5-3-13(20(21,22)23)16(8-24)29-17/h2-6,9-10H,7H2,1H3,(H,26,30)(H,28,29). The van der Waals surface area contributed by atoms with Crippen molar-refractivity contribution < 1.29 is 13.2 Å². The lowest BCUT2D eigenvalue weighted by atomic mass is 10.1. The number of rotatable bonds is 3. The third-order valence-corrected chi connectivity index (χ3v) is 4.47. The van der Waals surface area contributed by atoms with Crippen molar-refractivity contribution in [2.24, 2.45) is 0 Å². The van der Waals surface area contributed by atoms with E-state index in [2.05, 4.69) is 30.6 Å². The Kier molecular flexibility index (Phi) is 4.79. The van der Waals surface area contributed by atoms with E-state index in [1.165, 1.54) is 18.5 Å². The average molecular weight is 409 g/mol. The molecule has 0 saturated carbocycles. The summed E-state index contributed by atoms with van der Waals surface area (Å²) in [4.78, 5) is 16.7. The van der Waals surface area contributed by atoms with Crippen LogP contribution in [0.2, 0.25) is 0 Å². The summed E-state index contributed by atoms with van der Waals surface area (Å²) < 4.78 is 38.9. The third kappa shape index (κ3) is 3.65. The van der Waals surface area contributed by atoms with E-state index in [0.29, 0.717) is 29.4 Å². The van der Waals surface area contributed by atoms with Gasteiger partial charge in [-0.15, -0.1) is 0 Å². The molecule has 4 rings (SSSR count). The maximum Gasteiger partial charge on any atom is 0.419 e. The van der Waals surface area contributed by atoms with Gasteiger partial charge in [-0.1, -0.05) is 0 Å². The molecule has 0 aromatic carbocycles. The Morgan fingerprint density at radius 3 is 2.73 bits per heavy atom. The molecule has 1 aliphatic rings. The molecule has 0 atom stereocenters. The fraction of sp³-hybridized carbons (Fsp3) is 0.150. The minimum Gasteiger partial charge on any atom is -0.366 e. The molecule has 10 heteroatoms. The monoisotopic (exact) mass is 409 g/mol. The lowest BCUT2D eigenvalue weighted by Gasteiger charge is -2.20. The second-order valence-electron chi connectivity index (χ2n) is 6.47. The first-order valence-corrected chi connectivity index (χ1v) is 8.84. The van der Waals surface area contributed by atoms with Gasteiger partial charge in [0, 0.05) is 24.0 Å². The van der Waals surface area contributed by atoms with Crippen molar-refractivity contribution in [3.8, 4) is 17.5 Å². The predicted molar refractivity (Wildman–Crippen MR) is 104 cm³/mol. The van der Waals surface area contributed by atoms with Gasteiger partial charge in [0.1, 0.15) is 24.0 Å². The molecular weight excluding hydrogens is 395 g/mol. The summed E-state index contributed by atoms with van der Waals surface area (Å²) in [6.45, 7) is 2.35. The molecule has 0 radical (unpaired) electrons. The van der Waals surface area contributed by atoms with Gasteiger partial charge in [-0.2, -0.15) is 18.4 Å². The molecule has 0 saturated heterocycles. The molecule has 1 aliphatic heterocycles. The van der Waals surface area contributed by atoms with Crippen LogP contribution in [0.25, 0.3) is 17.1 Å². The van der Waals surface area contributed by atoms with E-state index in [4.69, 9.17) is 5.26 Å². The predicted octanol–water partition coefficient (Wildman–Crippen LogP) is 4.01. The number of anilines is 2. The van der Waals surface area contributed by atoms with Crippen LogP contribution in [0.4, 0.5) is 24.8 Å². The summed E-state index contributed by atoms with van der Waals surface area (Å²) in [6.07, 6.45) is 0.335. The van der Waals surface area contributed by atoms with E-state index in [9.17, 15) is 13.2 Å². The lowest BCUT2D eigenvalue weighted by molar-refractivity contribution is -0.138. The Morgan fingerprint density at radius 1 is 1.17 bits per heavy atom. The van der Waals surface area contributed by atoms with Gasteiger partial charge in [-0.25, -0.2) is 19.9 Å². The second-order valence-corrected chi connectivity index (χ2v) is 6.47. The van der Waals surface area contributed by atoms with Gasteiger partial charge >= 0.3 is 6.18 Å². The topological polar surface area (TPSA) is 99.4 Å². The Balaban J connectivity index is 1.65. The van der Waals surface area contributed by atoms with Crippen LogP contribution in [-0.4, -0.2) is 26.5 Å². The van der Waals surface area contributed by atoms with Crippen LogP contribution in [0.1, 0.15) is 22.4 Å². The van der Waals surface area contributed by atoms with Gasteiger partial charge in [-0.05, 0) is 42.8 Å². The summed E-state index contributed by atoms with van der Waals surface area (Å²) in [7, 11) is 0. The molecule has 30 heavy (non-hydrogen) atoms. The lowest BCUT2D eigenvalue weighted by Crippen LogP contribution is -2.15. The number of aromatic nitrogens is 4. The number of alkyl halides is 3. The highest BCUT2D eigenvalue weighted by Gasteiger charge is 2.34. The number of aryl methyl sites for hydroxylation is 1.